The van der Waals surface area contributed by atoms with E-state index in [-0.39, 0.29) is 4.90 Å². The van der Waals surface area contributed by atoms with Crippen molar-refractivity contribution in [1.29, 1.82) is 0 Å². The molecule has 0 saturated carbocycles. The lowest BCUT2D eigenvalue weighted by Crippen LogP contribution is -2.12. The Morgan fingerprint density at radius 2 is 1.67 bits per heavy atom. The minimum Gasteiger partial charge on any atom is -0.387 e. The molecule has 0 spiro atoms. The average molecular weight is 417 g/mol. The highest BCUT2D eigenvalue weighted by Gasteiger charge is 2.10. The predicted molar refractivity (Wildman–Crippen MR) is 92.2 cm³/mol. The second-order valence-corrected chi connectivity index (χ2v) is 8.01. The van der Waals surface area contributed by atoms with Crippen LogP contribution in [-0.2, 0) is 9.84 Å². The van der Waals surface area contributed by atoms with Crippen LogP contribution in [0.5, 0.6) is 0 Å². The lowest BCUT2D eigenvalue weighted by molar-refractivity contribution is 0.191. The molecule has 0 saturated heterocycles. The maximum absolute atomic E-state index is 11.4. The van der Waals surface area contributed by atoms with Crippen molar-refractivity contribution >= 4 is 38.1 Å². The van der Waals surface area contributed by atoms with Gasteiger partial charge in [0.05, 0.1) is 11.0 Å². The second-order valence-electron chi connectivity index (χ2n) is 4.74. The molecule has 0 aliphatic carbocycles. The molecule has 0 bridgehead atoms. The van der Waals surface area contributed by atoms with Gasteiger partial charge in [0.1, 0.15) is 0 Å². The highest BCUT2D eigenvalue weighted by atomic mass is 127. The van der Waals surface area contributed by atoms with E-state index in [1.165, 1.54) is 12.1 Å². The van der Waals surface area contributed by atoms with Crippen molar-refractivity contribution in [2.45, 2.75) is 11.0 Å². The Kier molecular flexibility index (Phi) is 5.23. The predicted octanol–water partition coefficient (Wildman–Crippen LogP) is 2.84. The topological polar surface area (TPSA) is 66.4 Å². The van der Waals surface area contributed by atoms with Crippen molar-refractivity contribution in [3.8, 4) is 0 Å². The van der Waals surface area contributed by atoms with E-state index < -0.39 is 15.9 Å². The van der Waals surface area contributed by atoms with Crippen LogP contribution in [0.2, 0.25) is 0 Å². The van der Waals surface area contributed by atoms with Gasteiger partial charge in [-0.2, -0.15) is 0 Å². The number of aliphatic hydroxyl groups excluding tert-OH is 1. The number of rotatable bonds is 5. The number of hydrogen-bond acceptors (Lipinski definition) is 4. The smallest absolute Gasteiger partial charge is 0.175 e. The summed E-state index contributed by atoms with van der Waals surface area (Å²) >= 11 is 2.23. The van der Waals surface area contributed by atoms with Crippen LogP contribution in [0.3, 0.4) is 0 Å². The number of aliphatic hydroxyl groups is 1. The Balaban J connectivity index is 2.00. The van der Waals surface area contributed by atoms with E-state index in [0.717, 1.165) is 15.5 Å². The van der Waals surface area contributed by atoms with Gasteiger partial charge in [0, 0.05) is 22.1 Å². The van der Waals surface area contributed by atoms with Gasteiger partial charge in [-0.1, -0.05) is 12.1 Å². The number of sulfone groups is 1. The van der Waals surface area contributed by atoms with Crippen molar-refractivity contribution in [3.05, 3.63) is 57.7 Å². The van der Waals surface area contributed by atoms with Gasteiger partial charge >= 0.3 is 0 Å². The van der Waals surface area contributed by atoms with Crippen LogP contribution in [0, 0.1) is 3.57 Å². The van der Waals surface area contributed by atoms with Crippen LogP contribution in [0.4, 0.5) is 5.69 Å². The average Bonchev–Trinajstić information content (AvgIpc) is 2.45. The first-order chi connectivity index (χ1) is 9.86. The van der Waals surface area contributed by atoms with Gasteiger partial charge in [-0.25, -0.2) is 8.42 Å². The third kappa shape index (κ3) is 4.69. The summed E-state index contributed by atoms with van der Waals surface area (Å²) in [6, 6.07) is 14.2. The number of nitrogens with one attached hydrogen (secondary N) is 1. The summed E-state index contributed by atoms with van der Waals surface area (Å²) in [7, 11) is -3.20. The van der Waals surface area contributed by atoms with Crippen LogP contribution < -0.4 is 5.32 Å². The van der Waals surface area contributed by atoms with E-state index in [0.29, 0.717) is 12.1 Å². The first-order valence-electron chi connectivity index (χ1n) is 6.34. The van der Waals surface area contributed by atoms with E-state index >= 15 is 0 Å². The number of hydrogen-bond donors (Lipinski definition) is 2. The van der Waals surface area contributed by atoms with Crippen LogP contribution in [0.1, 0.15) is 11.7 Å². The Labute approximate surface area is 138 Å². The highest BCUT2D eigenvalue weighted by molar-refractivity contribution is 14.1. The normalized spacial score (nSPS) is 12.9. The summed E-state index contributed by atoms with van der Waals surface area (Å²) < 4.78 is 23.9. The zero-order chi connectivity index (χ0) is 15.5. The van der Waals surface area contributed by atoms with Crippen molar-refractivity contribution in [1.82, 2.24) is 0 Å². The van der Waals surface area contributed by atoms with Gasteiger partial charge < -0.3 is 10.4 Å². The fourth-order valence-electron chi connectivity index (χ4n) is 1.84. The quantitative estimate of drug-likeness (QED) is 0.735. The number of anilines is 1. The van der Waals surface area contributed by atoms with Crippen LogP contribution in [0.15, 0.2) is 53.4 Å². The summed E-state index contributed by atoms with van der Waals surface area (Å²) in [5.41, 5.74) is 1.61. The molecule has 0 heterocycles. The van der Waals surface area contributed by atoms with Gasteiger partial charge in [-0.05, 0) is 64.6 Å². The van der Waals surface area contributed by atoms with E-state index in [2.05, 4.69) is 27.9 Å². The maximum Gasteiger partial charge on any atom is 0.175 e. The molecule has 2 aromatic carbocycles. The van der Waals surface area contributed by atoms with Crippen molar-refractivity contribution in [3.63, 3.8) is 0 Å². The van der Waals surface area contributed by atoms with E-state index in [4.69, 9.17) is 0 Å². The van der Waals surface area contributed by atoms with Crippen molar-refractivity contribution in [2.24, 2.45) is 0 Å². The van der Waals surface area contributed by atoms with Crippen LogP contribution in [0.25, 0.3) is 0 Å². The van der Waals surface area contributed by atoms with Crippen LogP contribution >= 0.6 is 22.6 Å². The van der Waals surface area contributed by atoms with Gasteiger partial charge in [-0.15, -0.1) is 0 Å². The Hall–Kier alpha value is -1.12. The van der Waals surface area contributed by atoms with E-state index in [9.17, 15) is 13.5 Å². The molecule has 4 nitrogen and oxygen atoms in total. The minimum atomic E-state index is -3.20. The van der Waals surface area contributed by atoms with Gasteiger partial charge in [0.25, 0.3) is 0 Å². The fraction of sp³-hybridized carbons (Fsp3) is 0.200. The SMILES string of the molecule is CS(=O)(=O)c1ccc(C(O)CNc2ccc(I)cc2)cc1. The molecule has 0 radical (unpaired) electrons. The summed E-state index contributed by atoms with van der Waals surface area (Å²) in [5.74, 6) is 0. The first kappa shape index (κ1) is 16.3. The molecule has 1 unspecified atom stereocenters. The molecular weight excluding hydrogens is 401 g/mol. The zero-order valence-electron chi connectivity index (χ0n) is 11.5. The lowest BCUT2D eigenvalue weighted by atomic mass is 10.1. The third-order valence-electron chi connectivity index (χ3n) is 3.04. The summed E-state index contributed by atoms with van der Waals surface area (Å²) in [6.45, 7) is 0.360. The van der Waals surface area contributed by atoms with E-state index in [1.807, 2.05) is 24.3 Å². The van der Waals surface area contributed by atoms with Gasteiger partial charge in [0.15, 0.2) is 9.84 Å². The Morgan fingerprint density at radius 1 is 1.10 bits per heavy atom. The molecule has 2 aromatic rings. The summed E-state index contributed by atoms with van der Waals surface area (Å²) in [6.07, 6.45) is 0.467. The molecule has 21 heavy (non-hydrogen) atoms. The molecule has 2 rings (SSSR count). The number of halogens is 1. The minimum absolute atomic E-state index is 0.254. The first-order valence-corrected chi connectivity index (χ1v) is 9.31. The largest absolute Gasteiger partial charge is 0.387 e. The Morgan fingerprint density at radius 3 is 2.19 bits per heavy atom. The van der Waals surface area contributed by atoms with E-state index in [1.54, 1.807) is 12.1 Å². The molecule has 0 amide bonds. The van der Waals surface area contributed by atoms with Crippen LogP contribution in [-0.4, -0.2) is 26.3 Å². The van der Waals surface area contributed by atoms with Gasteiger partial charge in [0.2, 0.25) is 0 Å². The van der Waals surface area contributed by atoms with Gasteiger partial charge in [-0.3, -0.25) is 0 Å². The zero-order valence-corrected chi connectivity index (χ0v) is 14.4. The van der Waals surface area contributed by atoms with Crippen molar-refractivity contribution < 1.29 is 13.5 Å². The summed E-state index contributed by atoms with van der Waals surface area (Å²) in [5, 5.41) is 13.3. The maximum atomic E-state index is 11.4. The molecule has 112 valence electrons. The lowest BCUT2D eigenvalue weighted by Gasteiger charge is -2.13. The third-order valence-corrected chi connectivity index (χ3v) is 4.88. The summed E-state index contributed by atoms with van der Waals surface area (Å²) in [4.78, 5) is 0.254. The molecule has 6 heteroatoms. The monoisotopic (exact) mass is 417 g/mol. The molecule has 0 aliphatic rings. The second kappa shape index (κ2) is 6.76. The fourth-order valence-corrected chi connectivity index (χ4v) is 2.83. The molecular formula is C15H16INO3S. The molecule has 2 N–H and O–H groups in total. The molecule has 0 aliphatic heterocycles. The molecule has 0 aromatic heterocycles. The number of benzene rings is 2. The molecule has 1 atom stereocenters. The van der Waals surface area contributed by atoms with Crippen molar-refractivity contribution in [2.75, 3.05) is 18.1 Å². The highest BCUT2D eigenvalue weighted by Crippen LogP contribution is 2.18. The standard InChI is InChI=1S/C15H16INO3S/c1-21(19,20)14-8-2-11(3-9-14)15(18)10-17-13-6-4-12(16)5-7-13/h2-9,15,17-18H,10H2,1H3. The molecule has 0 fully saturated rings. The Bertz CT molecular complexity index is 697.